The third-order valence-electron chi connectivity index (χ3n) is 3.61. The molecule has 0 aliphatic heterocycles. The van der Waals surface area contributed by atoms with Gasteiger partial charge in [-0.1, -0.05) is 0 Å². The minimum atomic E-state index is -3.97. The zero-order chi connectivity index (χ0) is 18.4. The SMILES string of the molecule is CS(=O)(=O)c1ccc(S(=O)(=O)n2cc(CC(=O)O)c3ccsc32)cc1. The molecule has 7 nitrogen and oxygen atoms in total. The van der Waals surface area contributed by atoms with Crippen LogP contribution < -0.4 is 0 Å². The smallest absolute Gasteiger partial charge is 0.307 e. The van der Waals surface area contributed by atoms with Crippen LogP contribution in [-0.2, 0) is 31.1 Å². The van der Waals surface area contributed by atoms with Crippen LogP contribution in [-0.4, -0.2) is 38.1 Å². The van der Waals surface area contributed by atoms with Crippen LogP contribution >= 0.6 is 11.3 Å². The Morgan fingerprint density at radius 3 is 2.24 bits per heavy atom. The van der Waals surface area contributed by atoms with E-state index in [0.717, 1.165) is 10.2 Å². The van der Waals surface area contributed by atoms with E-state index in [4.69, 9.17) is 5.11 Å². The molecule has 2 aromatic heterocycles. The largest absolute Gasteiger partial charge is 0.481 e. The summed E-state index contributed by atoms with van der Waals surface area (Å²) in [6.45, 7) is 0. The standard InChI is InChI=1S/C15H13NO6S3/c1-24(19,20)11-2-4-12(5-3-11)25(21,22)16-9-10(8-14(17)18)13-6-7-23-15(13)16/h2-7,9H,8H2,1H3,(H,17,18). The number of carboxylic acids is 1. The van der Waals surface area contributed by atoms with Crippen molar-refractivity contribution < 1.29 is 26.7 Å². The summed E-state index contributed by atoms with van der Waals surface area (Å²) in [4.78, 5) is 11.3. The second kappa shape index (κ2) is 5.97. The zero-order valence-corrected chi connectivity index (χ0v) is 15.4. The molecule has 1 N–H and O–H groups in total. The van der Waals surface area contributed by atoms with E-state index in [9.17, 15) is 21.6 Å². The Kier molecular flexibility index (Phi) is 4.21. The fraction of sp³-hybridized carbons (Fsp3) is 0.133. The van der Waals surface area contributed by atoms with Crippen molar-refractivity contribution in [2.75, 3.05) is 6.26 Å². The number of sulfone groups is 1. The average Bonchev–Trinajstić information content (AvgIpc) is 3.10. The topological polar surface area (TPSA) is 111 Å². The first-order valence-corrected chi connectivity index (χ1v) is 11.2. The van der Waals surface area contributed by atoms with Crippen LogP contribution in [0.5, 0.6) is 0 Å². The third-order valence-corrected chi connectivity index (χ3v) is 7.44. The summed E-state index contributed by atoms with van der Waals surface area (Å²) in [6, 6.07) is 6.59. The highest BCUT2D eigenvalue weighted by Gasteiger charge is 2.23. The molecule has 0 aliphatic carbocycles. The summed E-state index contributed by atoms with van der Waals surface area (Å²) >= 11 is 1.19. The highest BCUT2D eigenvalue weighted by Crippen LogP contribution is 2.30. The number of aliphatic carboxylic acids is 1. The molecule has 0 saturated carbocycles. The van der Waals surface area contributed by atoms with Crippen molar-refractivity contribution >= 4 is 47.4 Å². The summed E-state index contributed by atoms with van der Waals surface area (Å²) in [7, 11) is -7.40. The van der Waals surface area contributed by atoms with Crippen molar-refractivity contribution in [3.05, 3.63) is 47.5 Å². The fourth-order valence-electron chi connectivity index (χ4n) is 2.44. The Balaban J connectivity index is 2.13. The number of aromatic nitrogens is 1. The highest BCUT2D eigenvalue weighted by molar-refractivity contribution is 7.91. The van der Waals surface area contributed by atoms with Crippen LogP contribution in [0.2, 0.25) is 0 Å². The van der Waals surface area contributed by atoms with E-state index in [2.05, 4.69) is 0 Å². The molecule has 0 bridgehead atoms. The van der Waals surface area contributed by atoms with Crippen molar-refractivity contribution in [3.8, 4) is 0 Å². The van der Waals surface area contributed by atoms with Crippen molar-refractivity contribution in [2.24, 2.45) is 0 Å². The Labute approximate surface area is 148 Å². The van der Waals surface area contributed by atoms with Gasteiger partial charge in [0.25, 0.3) is 10.0 Å². The Morgan fingerprint density at radius 1 is 1.08 bits per heavy atom. The molecular weight excluding hydrogens is 386 g/mol. The van der Waals surface area contributed by atoms with E-state index in [-0.39, 0.29) is 16.2 Å². The van der Waals surface area contributed by atoms with Gasteiger partial charge in [0, 0.05) is 17.8 Å². The number of hydrogen-bond acceptors (Lipinski definition) is 6. The molecule has 1 aromatic carbocycles. The van der Waals surface area contributed by atoms with Gasteiger partial charge in [-0.25, -0.2) is 20.8 Å². The first-order valence-electron chi connectivity index (χ1n) is 6.95. The Bertz CT molecular complexity index is 1170. The molecule has 0 spiro atoms. The lowest BCUT2D eigenvalue weighted by atomic mass is 10.2. The number of nitrogens with zero attached hydrogens (tertiary/aromatic N) is 1. The normalized spacial score (nSPS) is 12.5. The van der Waals surface area contributed by atoms with Crippen molar-refractivity contribution in [1.29, 1.82) is 0 Å². The maximum Gasteiger partial charge on any atom is 0.307 e. The van der Waals surface area contributed by atoms with Gasteiger partial charge in [0.2, 0.25) is 0 Å². The molecule has 10 heteroatoms. The van der Waals surface area contributed by atoms with Crippen molar-refractivity contribution in [2.45, 2.75) is 16.2 Å². The lowest BCUT2D eigenvalue weighted by Crippen LogP contribution is -2.12. The van der Waals surface area contributed by atoms with E-state index in [0.29, 0.717) is 15.8 Å². The number of hydrogen-bond donors (Lipinski definition) is 1. The van der Waals surface area contributed by atoms with Crippen molar-refractivity contribution in [3.63, 3.8) is 0 Å². The molecule has 0 unspecified atom stereocenters. The first kappa shape index (κ1) is 17.6. The molecule has 2 heterocycles. The number of carboxylic acid groups (broad SMARTS) is 1. The summed E-state index contributed by atoms with van der Waals surface area (Å²) in [5.74, 6) is -1.06. The van der Waals surface area contributed by atoms with E-state index >= 15 is 0 Å². The predicted octanol–water partition coefficient (Wildman–Crippen LogP) is 1.97. The minimum absolute atomic E-state index is 0.0202. The number of thiophene rings is 1. The average molecular weight is 399 g/mol. The summed E-state index contributed by atoms with van der Waals surface area (Å²) < 4.78 is 49.8. The third kappa shape index (κ3) is 3.20. The molecule has 25 heavy (non-hydrogen) atoms. The van der Waals surface area contributed by atoms with Gasteiger partial charge >= 0.3 is 5.97 Å². The van der Waals surface area contributed by atoms with Crippen LogP contribution in [0.4, 0.5) is 0 Å². The molecule has 0 fully saturated rings. The lowest BCUT2D eigenvalue weighted by Gasteiger charge is -2.07. The van der Waals surface area contributed by atoms with E-state index in [1.807, 2.05) is 0 Å². The lowest BCUT2D eigenvalue weighted by molar-refractivity contribution is -0.136. The van der Waals surface area contributed by atoms with Crippen LogP contribution in [0.3, 0.4) is 0 Å². The van der Waals surface area contributed by atoms with Crippen LogP contribution in [0.25, 0.3) is 10.2 Å². The predicted molar refractivity (Wildman–Crippen MR) is 93.3 cm³/mol. The maximum atomic E-state index is 12.9. The number of rotatable bonds is 5. The number of carbonyl (C=O) groups is 1. The van der Waals surface area contributed by atoms with Gasteiger partial charge in [-0.3, -0.25) is 4.79 Å². The molecule has 0 amide bonds. The molecule has 0 atom stereocenters. The van der Waals surface area contributed by atoms with E-state index < -0.39 is 25.8 Å². The Morgan fingerprint density at radius 2 is 1.68 bits per heavy atom. The number of benzene rings is 1. The monoisotopic (exact) mass is 399 g/mol. The maximum absolute atomic E-state index is 12.9. The van der Waals surface area contributed by atoms with E-state index in [1.165, 1.54) is 41.8 Å². The quantitative estimate of drug-likeness (QED) is 0.702. The van der Waals surface area contributed by atoms with Gasteiger partial charge in [0.1, 0.15) is 4.83 Å². The van der Waals surface area contributed by atoms with Gasteiger partial charge < -0.3 is 5.11 Å². The summed E-state index contributed by atoms with van der Waals surface area (Å²) in [5.41, 5.74) is 0.403. The van der Waals surface area contributed by atoms with Crippen LogP contribution in [0.1, 0.15) is 5.56 Å². The Hall–Kier alpha value is -2.17. The second-order valence-electron chi connectivity index (χ2n) is 5.41. The van der Waals surface area contributed by atoms with Crippen LogP contribution in [0, 0.1) is 0 Å². The molecule has 132 valence electrons. The summed E-state index contributed by atoms with van der Waals surface area (Å²) in [5, 5.41) is 11.2. The van der Waals surface area contributed by atoms with Gasteiger partial charge in [0.15, 0.2) is 9.84 Å². The molecule has 0 aliphatic rings. The summed E-state index contributed by atoms with van der Waals surface area (Å²) in [6.07, 6.45) is 2.05. The van der Waals surface area contributed by atoms with Gasteiger partial charge in [-0.15, -0.1) is 11.3 Å². The zero-order valence-electron chi connectivity index (χ0n) is 12.9. The molecule has 0 saturated heterocycles. The molecular formula is C15H13NO6S3. The number of fused-ring (bicyclic) bond motifs is 1. The second-order valence-corrected chi connectivity index (χ2v) is 10.1. The van der Waals surface area contributed by atoms with Crippen molar-refractivity contribution in [1.82, 2.24) is 3.97 Å². The van der Waals surface area contributed by atoms with Gasteiger partial charge in [0.05, 0.1) is 16.2 Å². The highest BCUT2D eigenvalue weighted by atomic mass is 32.2. The molecule has 3 aromatic rings. The van der Waals surface area contributed by atoms with Crippen LogP contribution in [0.15, 0.2) is 51.7 Å². The minimum Gasteiger partial charge on any atom is -0.481 e. The van der Waals surface area contributed by atoms with E-state index in [1.54, 1.807) is 11.4 Å². The van der Waals surface area contributed by atoms with Gasteiger partial charge in [-0.2, -0.15) is 0 Å². The first-order chi connectivity index (χ1) is 11.6. The molecule has 0 radical (unpaired) electrons. The molecule has 3 rings (SSSR count). The fourth-order valence-corrected chi connectivity index (χ4v) is 5.60. The van der Waals surface area contributed by atoms with Gasteiger partial charge in [-0.05, 0) is 41.3 Å².